The van der Waals surface area contributed by atoms with Gasteiger partial charge in [0.2, 0.25) is 11.8 Å². The first-order valence-corrected chi connectivity index (χ1v) is 17.8. The average molecular weight is 739 g/mol. The number of aliphatic hydroxyl groups is 1. The second kappa shape index (κ2) is 16.2. The highest BCUT2D eigenvalue weighted by atomic mass is 35.5. The maximum Gasteiger partial charge on any atom is 0.416 e. The molecule has 0 bridgehead atoms. The number of carbonyl (C=O) groups is 3. The highest BCUT2D eigenvalue weighted by Gasteiger charge is 2.49. The largest absolute Gasteiger partial charge is 0.497 e. The van der Waals surface area contributed by atoms with E-state index >= 15 is 0 Å². The summed E-state index contributed by atoms with van der Waals surface area (Å²) in [6.07, 6.45) is -7.20. The van der Waals surface area contributed by atoms with Gasteiger partial charge in [0.15, 0.2) is 15.9 Å². The van der Waals surface area contributed by atoms with Gasteiger partial charge in [0, 0.05) is 24.2 Å². The fourth-order valence-corrected chi connectivity index (χ4v) is 7.69. The van der Waals surface area contributed by atoms with Gasteiger partial charge in [0.1, 0.15) is 23.5 Å². The number of rotatable bonds is 13. The third-order valence-electron chi connectivity index (χ3n) is 8.42. The molecule has 3 amide bonds. The zero-order valence-electron chi connectivity index (χ0n) is 27.4. The number of nitrogens with one attached hydrogen (secondary N) is 2. The normalized spacial score (nSPS) is 18.3. The van der Waals surface area contributed by atoms with Gasteiger partial charge in [-0.1, -0.05) is 55.8 Å². The molecule has 1 aromatic heterocycles. The molecule has 3 N–H and O–H groups in total. The van der Waals surface area contributed by atoms with Crippen LogP contribution in [0.4, 0.5) is 13.2 Å². The molecule has 4 rings (SSSR count). The molecule has 11 nitrogen and oxygen atoms in total. The van der Waals surface area contributed by atoms with Crippen molar-refractivity contribution in [1.29, 1.82) is 0 Å². The Balaban J connectivity index is 1.70. The molecule has 50 heavy (non-hydrogen) atoms. The van der Waals surface area contributed by atoms with E-state index in [1.54, 1.807) is 60.7 Å². The molecule has 16 heteroatoms. The van der Waals surface area contributed by atoms with Gasteiger partial charge in [-0.2, -0.15) is 13.2 Å². The van der Waals surface area contributed by atoms with Crippen molar-refractivity contribution in [1.82, 2.24) is 20.5 Å². The molecular formula is C34H38ClF3N4O7S. The van der Waals surface area contributed by atoms with Gasteiger partial charge in [0.05, 0.1) is 24.2 Å². The fourth-order valence-electron chi connectivity index (χ4n) is 5.73. The van der Waals surface area contributed by atoms with Crippen LogP contribution in [0, 0.1) is 5.92 Å². The molecule has 2 heterocycles. The molecule has 0 radical (unpaired) electrons. The molecular weight excluding hydrogens is 701 g/mol. The van der Waals surface area contributed by atoms with Crippen molar-refractivity contribution in [2.75, 3.05) is 13.7 Å². The lowest BCUT2D eigenvalue weighted by Gasteiger charge is -2.32. The number of benzene rings is 2. The summed E-state index contributed by atoms with van der Waals surface area (Å²) in [5, 5.41) is 13.9. The van der Waals surface area contributed by atoms with Crippen molar-refractivity contribution in [3.63, 3.8) is 0 Å². The van der Waals surface area contributed by atoms with E-state index < -0.39 is 87.9 Å². The summed E-state index contributed by atoms with van der Waals surface area (Å²) in [4.78, 5) is 46.3. The summed E-state index contributed by atoms with van der Waals surface area (Å²) in [6, 6.07) is 12.6. The molecule has 2 aromatic carbocycles. The Kier molecular flexibility index (Phi) is 12.5. The second-order valence-electron chi connectivity index (χ2n) is 12.4. The van der Waals surface area contributed by atoms with Crippen LogP contribution in [0.15, 0.2) is 72.9 Å². The standard InChI is InChI=1S/C34H38ClF3N4O7S/c1-20(2)29(30(43)34(36,37)38)41-32(45)28-17-25(50(47,48)19-21-10-12-24(49-3)13-11-21)18-42(28)33(46)27(16-22-7-6-8-23(35)15-22)40-31(44)26-9-4-5-14-39-26/h4-15,20,25,27-30,43H,16-19H2,1-3H3,(H,40,44)(H,41,45)/t25-,27+,28+,29+,30+/m1/s1. The number of nitrogens with zero attached hydrogens (tertiary/aromatic N) is 2. The van der Waals surface area contributed by atoms with Crippen LogP contribution in [-0.2, 0) is 31.6 Å². The number of aliphatic hydroxyl groups excluding tert-OH is 1. The first kappa shape index (κ1) is 38.6. The van der Waals surface area contributed by atoms with E-state index in [1.165, 1.54) is 33.2 Å². The summed E-state index contributed by atoms with van der Waals surface area (Å²) in [5.41, 5.74) is 0.911. The highest BCUT2D eigenvalue weighted by Crippen LogP contribution is 2.30. The van der Waals surface area contributed by atoms with Crippen molar-refractivity contribution in [3.8, 4) is 5.75 Å². The number of amides is 3. The Hall–Kier alpha value is -4.21. The van der Waals surface area contributed by atoms with Crippen molar-refractivity contribution in [2.24, 2.45) is 5.92 Å². The van der Waals surface area contributed by atoms with E-state index in [4.69, 9.17) is 16.3 Å². The molecule has 1 aliphatic heterocycles. The first-order valence-electron chi connectivity index (χ1n) is 15.7. The molecule has 5 atom stereocenters. The number of likely N-dealkylation sites (tertiary alicyclic amines) is 1. The summed E-state index contributed by atoms with van der Waals surface area (Å²) in [6.45, 7) is 2.25. The molecule has 270 valence electrons. The van der Waals surface area contributed by atoms with Crippen LogP contribution in [0.5, 0.6) is 5.75 Å². The minimum absolute atomic E-state index is 0.0204. The van der Waals surface area contributed by atoms with E-state index in [1.807, 2.05) is 0 Å². The Morgan fingerprint density at radius 2 is 1.74 bits per heavy atom. The topological polar surface area (TPSA) is 155 Å². The molecule has 3 aromatic rings. The minimum atomic E-state index is -5.07. The van der Waals surface area contributed by atoms with Gasteiger partial charge in [-0.3, -0.25) is 19.4 Å². The molecule has 0 spiro atoms. The van der Waals surface area contributed by atoms with Crippen LogP contribution >= 0.6 is 11.6 Å². The monoisotopic (exact) mass is 738 g/mol. The number of aromatic nitrogens is 1. The SMILES string of the molecule is COc1ccc(CS(=O)(=O)[C@@H]2C[C@@H](C(=O)N[C@@H](C(C)C)[C@H](O)C(F)(F)F)N(C(=O)[C@H](Cc3cccc(Cl)c3)NC(=O)c3ccccn3)C2)cc1. The van der Waals surface area contributed by atoms with Crippen LogP contribution in [0.3, 0.4) is 0 Å². The van der Waals surface area contributed by atoms with E-state index in [2.05, 4.69) is 15.6 Å². The zero-order chi connectivity index (χ0) is 36.8. The van der Waals surface area contributed by atoms with Crippen LogP contribution in [0.25, 0.3) is 0 Å². The molecule has 0 unspecified atom stereocenters. The summed E-state index contributed by atoms with van der Waals surface area (Å²) in [7, 11) is -2.61. The van der Waals surface area contributed by atoms with Gasteiger partial charge in [-0.05, 0) is 59.9 Å². The van der Waals surface area contributed by atoms with E-state index in [9.17, 15) is 41.1 Å². The number of alkyl halides is 3. The number of carbonyl (C=O) groups excluding carboxylic acids is 3. The van der Waals surface area contributed by atoms with Crippen LogP contribution in [-0.4, -0.2) is 90.4 Å². The number of methoxy groups -OCH3 is 1. The predicted octanol–water partition coefficient (Wildman–Crippen LogP) is 3.73. The lowest BCUT2D eigenvalue weighted by Crippen LogP contribution is -2.58. The predicted molar refractivity (Wildman–Crippen MR) is 179 cm³/mol. The fraction of sp³-hybridized carbons (Fsp3) is 0.412. The minimum Gasteiger partial charge on any atom is -0.497 e. The van der Waals surface area contributed by atoms with Crippen molar-refractivity contribution in [2.45, 2.75) is 68.1 Å². The van der Waals surface area contributed by atoms with E-state index in [0.717, 1.165) is 4.90 Å². The van der Waals surface area contributed by atoms with E-state index in [-0.39, 0.29) is 12.1 Å². The van der Waals surface area contributed by atoms with Gasteiger partial charge < -0.3 is 25.4 Å². The van der Waals surface area contributed by atoms with Crippen molar-refractivity contribution in [3.05, 3.63) is 94.8 Å². The molecule has 0 aliphatic carbocycles. The number of hydrogen-bond donors (Lipinski definition) is 3. The van der Waals surface area contributed by atoms with Gasteiger partial charge in [-0.15, -0.1) is 0 Å². The lowest BCUT2D eigenvalue weighted by atomic mass is 9.97. The number of halogens is 4. The number of pyridine rings is 1. The van der Waals surface area contributed by atoms with Crippen molar-refractivity contribution < 1.29 is 45.8 Å². The Morgan fingerprint density at radius 3 is 2.32 bits per heavy atom. The summed E-state index contributed by atoms with van der Waals surface area (Å²) < 4.78 is 73.3. The average Bonchev–Trinajstić information content (AvgIpc) is 3.53. The van der Waals surface area contributed by atoms with E-state index in [0.29, 0.717) is 21.9 Å². The lowest BCUT2D eigenvalue weighted by molar-refractivity contribution is -0.215. The van der Waals surface area contributed by atoms with Crippen LogP contribution in [0.1, 0.15) is 41.9 Å². The molecule has 1 saturated heterocycles. The molecule has 1 aliphatic rings. The Labute approximate surface area is 293 Å². The van der Waals surface area contributed by atoms with Gasteiger partial charge in [0.25, 0.3) is 5.91 Å². The number of sulfone groups is 1. The third-order valence-corrected chi connectivity index (χ3v) is 10.7. The molecule has 0 saturated carbocycles. The Morgan fingerprint density at radius 1 is 1.04 bits per heavy atom. The number of hydrogen-bond acceptors (Lipinski definition) is 8. The van der Waals surface area contributed by atoms with Crippen LogP contribution in [0.2, 0.25) is 5.02 Å². The zero-order valence-corrected chi connectivity index (χ0v) is 29.0. The van der Waals surface area contributed by atoms with Gasteiger partial charge >= 0.3 is 6.18 Å². The quantitative estimate of drug-likeness (QED) is 0.240. The smallest absolute Gasteiger partial charge is 0.416 e. The summed E-state index contributed by atoms with van der Waals surface area (Å²) in [5.74, 6) is -3.53. The third kappa shape index (κ3) is 9.73. The summed E-state index contributed by atoms with van der Waals surface area (Å²) >= 11 is 6.17. The highest BCUT2D eigenvalue weighted by molar-refractivity contribution is 7.91. The molecule has 1 fully saturated rings. The first-order chi connectivity index (χ1) is 23.5. The van der Waals surface area contributed by atoms with Crippen molar-refractivity contribution >= 4 is 39.2 Å². The maximum atomic E-state index is 14.4. The maximum absolute atomic E-state index is 14.4. The second-order valence-corrected chi connectivity index (χ2v) is 15.1. The number of ether oxygens (including phenoxy) is 1. The Bertz CT molecular complexity index is 1760. The van der Waals surface area contributed by atoms with Gasteiger partial charge in [-0.25, -0.2) is 8.42 Å². The van der Waals surface area contributed by atoms with Crippen LogP contribution < -0.4 is 15.4 Å².